The first kappa shape index (κ1) is 14.3. The normalized spacial score (nSPS) is 11.9. The van der Waals surface area contributed by atoms with E-state index in [9.17, 15) is 10.1 Å². The fourth-order valence-electron chi connectivity index (χ4n) is 1.94. The summed E-state index contributed by atoms with van der Waals surface area (Å²) in [6.45, 7) is 2.85. The average molecular weight is 291 g/mol. The van der Waals surface area contributed by atoms with Gasteiger partial charge in [-0.2, -0.15) is 0 Å². The molecule has 0 saturated carbocycles. The van der Waals surface area contributed by atoms with Crippen molar-refractivity contribution in [2.45, 2.75) is 12.8 Å². The quantitative estimate of drug-likeness (QED) is 0.653. The van der Waals surface area contributed by atoms with Crippen LogP contribution in [-0.4, -0.2) is 11.5 Å². The zero-order valence-electron chi connectivity index (χ0n) is 11.0. The van der Waals surface area contributed by atoms with Crippen LogP contribution >= 0.6 is 11.6 Å². The molecule has 1 unspecified atom stereocenters. The van der Waals surface area contributed by atoms with E-state index in [1.807, 2.05) is 18.2 Å². The lowest BCUT2D eigenvalue weighted by Gasteiger charge is -2.14. The van der Waals surface area contributed by atoms with E-state index >= 15 is 0 Å². The second-order valence-electron chi connectivity index (χ2n) is 4.62. The van der Waals surface area contributed by atoms with Gasteiger partial charge in [0.05, 0.1) is 4.92 Å². The highest BCUT2D eigenvalue weighted by Gasteiger charge is 2.12. The first-order valence-corrected chi connectivity index (χ1v) is 6.68. The fourth-order valence-corrected chi connectivity index (χ4v) is 2.18. The molecule has 0 aliphatic rings. The van der Waals surface area contributed by atoms with Gasteiger partial charge >= 0.3 is 0 Å². The molecule has 0 heterocycles. The van der Waals surface area contributed by atoms with Crippen LogP contribution in [0.15, 0.2) is 48.5 Å². The van der Waals surface area contributed by atoms with E-state index in [-0.39, 0.29) is 10.7 Å². The third kappa shape index (κ3) is 3.48. The van der Waals surface area contributed by atoms with Crippen molar-refractivity contribution in [3.63, 3.8) is 0 Å². The molecule has 0 amide bonds. The molecule has 1 atom stereocenters. The molecule has 104 valence electrons. The zero-order chi connectivity index (χ0) is 14.5. The van der Waals surface area contributed by atoms with Crippen molar-refractivity contribution in [1.29, 1.82) is 0 Å². The molecule has 0 spiro atoms. The highest BCUT2D eigenvalue weighted by atomic mass is 35.5. The van der Waals surface area contributed by atoms with E-state index in [0.29, 0.717) is 5.92 Å². The minimum atomic E-state index is -0.487. The number of nitro groups is 1. The first-order chi connectivity index (χ1) is 9.58. The maximum atomic E-state index is 10.7. The molecule has 0 radical (unpaired) electrons. The molecular weight excluding hydrogens is 276 g/mol. The molecule has 4 nitrogen and oxygen atoms in total. The number of benzene rings is 2. The standard InChI is InChI=1S/C15H15ClN2O2/c1-11(12-5-3-2-4-6-12)10-17-13-7-8-15(18(19)20)14(16)9-13/h2-9,11,17H,10H2,1H3. The number of rotatable bonds is 5. The minimum Gasteiger partial charge on any atom is -0.384 e. The molecule has 0 aromatic heterocycles. The van der Waals surface area contributed by atoms with Gasteiger partial charge in [0, 0.05) is 18.3 Å². The molecule has 20 heavy (non-hydrogen) atoms. The maximum Gasteiger partial charge on any atom is 0.288 e. The molecule has 0 aliphatic carbocycles. The number of nitro benzene ring substituents is 1. The number of hydrogen-bond donors (Lipinski definition) is 1. The van der Waals surface area contributed by atoms with Crippen LogP contribution in [0.2, 0.25) is 5.02 Å². The van der Waals surface area contributed by atoms with Gasteiger partial charge < -0.3 is 5.32 Å². The van der Waals surface area contributed by atoms with Gasteiger partial charge in [0.2, 0.25) is 0 Å². The summed E-state index contributed by atoms with van der Waals surface area (Å²) in [4.78, 5) is 10.2. The van der Waals surface area contributed by atoms with Gasteiger partial charge in [-0.25, -0.2) is 0 Å². The summed E-state index contributed by atoms with van der Waals surface area (Å²) in [6, 6.07) is 14.8. The Labute approximate surface area is 122 Å². The number of halogens is 1. The van der Waals surface area contributed by atoms with Gasteiger partial charge in [0.15, 0.2) is 0 Å². The highest BCUT2D eigenvalue weighted by Crippen LogP contribution is 2.27. The van der Waals surface area contributed by atoms with Crippen LogP contribution < -0.4 is 5.32 Å². The van der Waals surface area contributed by atoms with Gasteiger partial charge in [-0.1, -0.05) is 48.9 Å². The summed E-state index contributed by atoms with van der Waals surface area (Å²) < 4.78 is 0. The SMILES string of the molecule is CC(CNc1ccc([N+](=O)[O-])c(Cl)c1)c1ccccc1. The van der Waals surface area contributed by atoms with E-state index in [2.05, 4.69) is 24.4 Å². The van der Waals surface area contributed by atoms with Crippen molar-refractivity contribution in [1.82, 2.24) is 0 Å². The molecule has 0 fully saturated rings. The van der Waals surface area contributed by atoms with Crippen LogP contribution in [0.4, 0.5) is 11.4 Å². The Morgan fingerprint density at radius 1 is 1.25 bits per heavy atom. The monoisotopic (exact) mass is 290 g/mol. The molecule has 2 aromatic carbocycles. The van der Waals surface area contributed by atoms with Gasteiger partial charge in [-0.15, -0.1) is 0 Å². The number of hydrogen-bond acceptors (Lipinski definition) is 3. The van der Waals surface area contributed by atoms with E-state index in [4.69, 9.17) is 11.6 Å². The van der Waals surface area contributed by atoms with Crippen LogP contribution in [0, 0.1) is 10.1 Å². The first-order valence-electron chi connectivity index (χ1n) is 6.30. The minimum absolute atomic E-state index is 0.0756. The third-order valence-electron chi connectivity index (χ3n) is 3.13. The summed E-state index contributed by atoms with van der Waals surface area (Å²) in [5.41, 5.74) is 1.95. The van der Waals surface area contributed by atoms with Crippen LogP contribution in [0.5, 0.6) is 0 Å². The van der Waals surface area contributed by atoms with Crippen molar-refractivity contribution in [2.75, 3.05) is 11.9 Å². The summed E-state index contributed by atoms with van der Waals surface area (Å²) >= 11 is 5.88. The Kier molecular flexibility index (Phi) is 4.58. The predicted octanol–water partition coefficient (Wildman–Crippen LogP) is 4.46. The van der Waals surface area contributed by atoms with Gasteiger partial charge in [0.25, 0.3) is 5.69 Å². The van der Waals surface area contributed by atoms with Crippen molar-refractivity contribution in [3.8, 4) is 0 Å². The largest absolute Gasteiger partial charge is 0.384 e. The van der Waals surface area contributed by atoms with Crippen LogP contribution in [0.3, 0.4) is 0 Å². The molecular formula is C15H15ClN2O2. The Balaban J connectivity index is 2.01. The summed E-state index contributed by atoms with van der Waals surface area (Å²) in [7, 11) is 0. The lowest BCUT2D eigenvalue weighted by atomic mass is 10.0. The molecule has 1 N–H and O–H groups in total. The average Bonchev–Trinajstić information content (AvgIpc) is 2.45. The van der Waals surface area contributed by atoms with Gasteiger partial charge in [0.1, 0.15) is 5.02 Å². The summed E-state index contributed by atoms with van der Waals surface area (Å²) in [5, 5.41) is 14.1. The summed E-state index contributed by atoms with van der Waals surface area (Å²) in [6.07, 6.45) is 0. The third-order valence-corrected chi connectivity index (χ3v) is 3.43. The van der Waals surface area contributed by atoms with Gasteiger partial charge in [-0.3, -0.25) is 10.1 Å². The van der Waals surface area contributed by atoms with Crippen molar-refractivity contribution in [2.24, 2.45) is 0 Å². The predicted molar refractivity (Wildman–Crippen MR) is 81.5 cm³/mol. The topological polar surface area (TPSA) is 55.2 Å². The zero-order valence-corrected chi connectivity index (χ0v) is 11.8. The van der Waals surface area contributed by atoms with E-state index in [1.54, 1.807) is 12.1 Å². The van der Waals surface area contributed by atoms with E-state index in [0.717, 1.165) is 12.2 Å². The maximum absolute atomic E-state index is 10.7. The second kappa shape index (κ2) is 6.39. The van der Waals surface area contributed by atoms with Gasteiger partial charge in [-0.05, 0) is 23.6 Å². The van der Waals surface area contributed by atoms with Crippen molar-refractivity contribution < 1.29 is 4.92 Å². The molecule has 0 bridgehead atoms. The number of nitrogens with zero attached hydrogens (tertiary/aromatic N) is 1. The Morgan fingerprint density at radius 2 is 1.95 bits per heavy atom. The molecule has 2 aromatic rings. The smallest absolute Gasteiger partial charge is 0.288 e. The number of nitrogens with one attached hydrogen (secondary N) is 1. The second-order valence-corrected chi connectivity index (χ2v) is 5.02. The van der Waals surface area contributed by atoms with Crippen molar-refractivity contribution in [3.05, 3.63) is 69.2 Å². The number of anilines is 1. The molecule has 0 aliphatic heterocycles. The van der Waals surface area contributed by atoms with Crippen molar-refractivity contribution >= 4 is 23.0 Å². The molecule has 0 saturated heterocycles. The van der Waals surface area contributed by atoms with Crippen LogP contribution in [-0.2, 0) is 0 Å². The highest BCUT2D eigenvalue weighted by molar-refractivity contribution is 6.32. The van der Waals surface area contributed by atoms with E-state index < -0.39 is 4.92 Å². The Bertz CT molecular complexity index is 602. The van der Waals surface area contributed by atoms with Crippen LogP contribution in [0.1, 0.15) is 18.4 Å². The Hall–Kier alpha value is -2.07. The lowest BCUT2D eigenvalue weighted by molar-refractivity contribution is -0.384. The van der Waals surface area contributed by atoms with E-state index in [1.165, 1.54) is 11.6 Å². The summed E-state index contributed by atoms with van der Waals surface area (Å²) in [5.74, 6) is 0.338. The lowest BCUT2D eigenvalue weighted by Crippen LogP contribution is -2.09. The fraction of sp³-hybridized carbons (Fsp3) is 0.200. The Morgan fingerprint density at radius 3 is 2.55 bits per heavy atom. The molecule has 2 rings (SSSR count). The molecule has 5 heteroatoms. The van der Waals surface area contributed by atoms with Crippen LogP contribution in [0.25, 0.3) is 0 Å².